The smallest absolute Gasteiger partial charge is 0.222 e. The lowest BCUT2D eigenvalue weighted by Gasteiger charge is -2.22. The van der Waals surface area contributed by atoms with Crippen molar-refractivity contribution >= 4 is 11.9 Å². The first-order valence-corrected chi connectivity index (χ1v) is 9.44. The predicted molar refractivity (Wildman–Crippen MR) is 108 cm³/mol. The van der Waals surface area contributed by atoms with Crippen LogP contribution in [0.1, 0.15) is 29.7 Å². The van der Waals surface area contributed by atoms with Crippen LogP contribution in [-0.2, 0) is 31.5 Å². The SMILES string of the molecule is CN=C(NCc1cccc(CN2CCCC2=O)c1)N(C)Cc1cccn1C. The first-order chi connectivity index (χ1) is 13.1. The Bertz CT molecular complexity index is 810. The van der Waals surface area contributed by atoms with Crippen LogP contribution in [0.2, 0.25) is 0 Å². The maximum Gasteiger partial charge on any atom is 0.222 e. The molecule has 1 aliphatic heterocycles. The van der Waals surface area contributed by atoms with Crippen LogP contribution in [0, 0.1) is 0 Å². The lowest BCUT2D eigenvalue weighted by molar-refractivity contribution is -0.128. The van der Waals surface area contributed by atoms with Gasteiger partial charge in [-0.15, -0.1) is 0 Å². The Morgan fingerprint density at radius 3 is 2.74 bits per heavy atom. The summed E-state index contributed by atoms with van der Waals surface area (Å²) in [5, 5.41) is 3.43. The van der Waals surface area contributed by atoms with Crippen molar-refractivity contribution in [3.8, 4) is 0 Å². The first-order valence-electron chi connectivity index (χ1n) is 9.44. The number of carbonyl (C=O) groups is 1. The Kier molecular flexibility index (Phi) is 6.16. The highest BCUT2D eigenvalue weighted by Gasteiger charge is 2.19. The molecule has 2 heterocycles. The van der Waals surface area contributed by atoms with Gasteiger partial charge in [0.05, 0.1) is 6.54 Å². The molecule has 0 bridgehead atoms. The quantitative estimate of drug-likeness (QED) is 0.630. The summed E-state index contributed by atoms with van der Waals surface area (Å²) in [6.07, 6.45) is 3.71. The molecule has 27 heavy (non-hydrogen) atoms. The van der Waals surface area contributed by atoms with Gasteiger partial charge in [0.25, 0.3) is 0 Å². The maximum absolute atomic E-state index is 11.8. The molecule has 2 aromatic rings. The van der Waals surface area contributed by atoms with E-state index in [2.05, 4.69) is 69.4 Å². The number of hydrogen-bond donors (Lipinski definition) is 1. The van der Waals surface area contributed by atoms with Gasteiger partial charge < -0.3 is 19.7 Å². The zero-order chi connectivity index (χ0) is 19.2. The number of guanidine groups is 1. The number of rotatable bonds is 6. The molecule has 1 aromatic carbocycles. The second kappa shape index (κ2) is 8.75. The Morgan fingerprint density at radius 1 is 1.26 bits per heavy atom. The fraction of sp³-hybridized carbons (Fsp3) is 0.429. The Labute approximate surface area is 161 Å². The Morgan fingerprint density at radius 2 is 2.07 bits per heavy atom. The fourth-order valence-corrected chi connectivity index (χ4v) is 3.47. The first kappa shape index (κ1) is 19.0. The molecule has 0 saturated carbocycles. The summed E-state index contributed by atoms with van der Waals surface area (Å²) in [7, 11) is 5.90. The molecular formula is C21H29N5O. The van der Waals surface area contributed by atoms with Crippen molar-refractivity contribution in [1.82, 2.24) is 19.7 Å². The molecule has 1 saturated heterocycles. The number of aliphatic imine (C=N–C) groups is 1. The number of amides is 1. The van der Waals surface area contributed by atoms with Crippen LogP contribution < -0.4 is 5.32 Å². The molecule has 1 aliphatic rings. The summed E-state index contributed by atoms with van der Waals surface area (Å²) >= 11 is 0. The second-order valence-corrected chi connectivity index (χ2v) is 7.11. The van der Waals surface area contributed by atoms with Crippen molar-refractivity contribution < 1.29 is 4.79 Å². The van der Waals surface area contributed by atoms with E-state index in [-0.39, 0.29) is 5.91 Å². The van der Waals surface area contributed by atoms with Crippen LogP contribution in [0.15, 0.2) is 47.6 Å². The summed E-state index contributed by atoms with van der Waals surface area (Å²) in [5.41, 5.74) is 3.60. The summed E-state index contributed by atoms with van der Waals surface area (Å²) in [5.74, 6) is 1.12. The van der Waals surface area contributed by atoms with Gasteiger partial charge in [-0.2, -0.15) is 0 Å². The third kappa shape index (κ3) is 4.90. The van der Waals surface area contributed by atoms with Gasteiger partial charge in [0.15, 0.2) is 5.96 Å². The van der Waals surface area contributed by atoms with Gasteiger partial charge in [-0.25, -0.2) is 0 Å². The molecule has 0 spiro atoms. The summed E-state index contributed by atoms with van der Waals surface area (Å²) in [6.45, 7) is 3.07. The van der Waals surface area contributed by atoms with Crippen molar-refractivity contribution in [2.45, 2.75) is 32.5 Å². The third-order valence-corrected chi connectivity index (χ3v) is 5.01. The summed E-state index contributed by atoms with van der Waals surface area (Å²) in [4.78, 5) is 20.3. The highest BCUT2D eigenvalue weighted by atomic mass is 16.2. The molecule has 0 unspecified atom stereocenters. The zero-order valence-corrected chi connectivity index (χ0v) is 16.5. The van der Waals surface area contributed by atoms with E-state index in [9.17, 15) is 4.79 Å². The molecular weight excluding hydrogens is 338 g/mol. The van der Waals surface area contributed by atoms with Crippen LogP contribution in [0.3, 0.4) is 0 Å². The average molecular weight is 367 g/mol. The molecule has 1 N–H and O–H groups in total. The van der Waals surface area contributed by atoms with Crippen molar-refractivity contribution in [3.05, 3.63) is 59.4 Å². The Balaban J connectivity index is 1.57. The van der Waals surface area contributed by atoms with E-state index in [4.69, 9.17) is 0 Å². The van der Waals surface area contributed by atoms with E-state index in [0.717, 1.165) is 25.5 Å². The second-order valence-electron chi connectivity index (χ2n) is 7.11. The molecule has 1 aromatic heterocycles. The van der Waals surface area contributed by atoms with Crippen molar-refractivity contribution in [2.75, 3.05) is 20.6 Å². The van der Waals surface area contributed by atoms with E-state index in [0.29, 0.717) is 19.5 Å². The lowest BCUT2D eigenvalue weighted by Crippen LogP contribution is -2.38. The van der Waals surface area contributed by atoms with Crippen LogP contribution in [0.5, 0.6) is 0 Å². The van der Waals surface area contributed by atoms with Gasteiger partial charge in [0.1, 0.15) is 0 Å². The van der Waals surface area contributed by atoms with Gasteiger partial charge in [-0.05, 0) is 29.7 Å². The molecule has 1 fully saturated rings. The van der Waals surface area contributed by atoms with Crippen LogP contribution in [-0.4, -0.2) is 46.9 Å². The minimum Gasteiger partial charge on any atom is -0.353 e. The number of likely N-dealkylation sites (tertiary alicyclic amines) is 1. The highest BCUT2D eigenvalue weighted by Crippen LogP contribution is 2.15. The van der Waals surface area contributed by atoms with Gasteiger partial charge in [0, 0.05) is 59.1 Å². The molecule has 1 amide bonds. The maximum atomic E-state index is 11.8. The molecule has 0 radical (unpaired) electrons. The monoisotopic (exact) mass is 367 g/mol. The van der Waals surface area contributed by atoms with Crippen LogP contribution >= 0.6 is 0 Å². The van der Waals surface area contributed by atoms with E-state index in [1.165, 1.54) is 16.8 Å². The predicted octanol–water partition coefficient (Wildman–Crippen LogP) is 2.35. The van der Waals surface area contributed by atoms with Gasteiger partial charge >= 0.3 is 0 Å². The summed E-state index contributed by atoms with van der Waals surface area (Å²) in [6, 6.07) is 12.6. The van der Waals surface area contributed by atoms with E-state index >= 15 is 0 Å². The number of carbonyl (C=O) groups excluding carboxylic acids is 1. The zero-order valence-electron chi connectivity index (χ0n) is 16.5. The van der Waals surface area contributed by atoms with E-state index in [1.54, 1.807) is 7.05 Å². The molecule has 3 rings (SSSR count). The van der Waals surface area contributed by atoms with Crippen molar-refractivity contribution in [2.24, 2.45) is 12.0 Å². The molecule has 0 aliphatic carbocycles. The minimum atomic E-state index is 0.265. The topological polar surface area (TPSA) is 52.9 Å². The van der Waals surface area contributed by atoms with Crippen LogP contribution in [0.4, 0.5) is 0 Å². The number of nitrogens with one attached hydrogen (secondary N) is 1. The standard InChI is InChI=1S/C21H29N5O/c1-22-21(25(3)16-19-9-5-11-24(19)2)23-14-17-7-4-8-18(13-17)15-26-12-6-10-20(26)27/h4-5,7-9,11,13H,6,10,12,14-16H2,1-3H3,(H,22,23). The number of aryl methyl sites for hydroxylation is 1. The van der Waals surface area contributed by atoms with Crippen LogP contribution in [0.25, 0.3) is 0 Å². The summed E-state index contributed by atoms with van der Waals surface area (Å²) < 4.78 is 2.12. The van der Waals surface area contributed by atoms with E-state index in [1.807, 2.05) is 11.9 Å². The number of benzene rings is 1. The van der Waals surface area contributed by atoms with Gasteiger partial charge in [0.2, 0.25) is 5.91 Å². The lowest BCUT2D eigenvalue weighted by atomic mass is 10.1. The highest BCUT2D eigenvalue weighted by molar-refractivity contribution is 5.79. The minimum absolute atomic E-state index is 0.265. The number of hydrogen-bond acceptors (Lipinski definition) is 2. The van der Waals surface area contributed by atoms with Crippen molar-refractivity contribution in [3.63, 3.8) is 0 Å². The molecule has 0 atom stereocenters. The molecule has 6 nitrogen and oxygen atoms in total. The Hall–Kier alpha value is -2.76. The largest absolute Gasteiger partial charge is 0.353 e. The fourth-order valence-electron chi connectivity index (χ4n) is 3.47. The number of aromatic nitrogens is 1. The van der Waals surface area contributed by atoms with Gasteiger partial charge in [-0.1, -0.05) is 24.3 Å². The third-order valence-electron chi connectivity index (χ3n) is 5.01. The average Bonchev–Trinajstić information content (AvgIpc) is 3.24. The van der Waals surface area contributed by atoms with E-state index < -0.39 is 0 Å². The van der Waals surface area contributed by atoms with Crippen molar-refractivity contribution in [1.29, 1.82) is 0 Å². The normalized spacial score (nSPS) is 14.7. The molecule has 144 valence electrons. The molecule has 6 heteroatoms. The van der Waals surface area contributed by atoms with Gasteiger partial charge in [-0.3, -0.25) is 9.79 Å². The number of nitrogens with zero attached hydrogens (tertiary/aromatic N) is 4.